The molecule has 0 spiro atoms. The van der Waals surface area contributed by atoms with E-state index in [4.69, 9.17) is 15.6 Å². The van der Waals surface area contributed by atoms with Crippen molar-refractivity contribution in [2.75, 3.05) is 31.3 Å². The number of benzene rings is 1. The standard InChI is InChI=1S/C13H20N2O3/c1-3-9-10(13(16)17)5-6-11(12(9)14)15-7-4-8-18-2/h5-6,15H,3-4,7-8,14H2,1-2H3,(H,16,17). The van der Waals surface area contributed by atoms with Crippen LogP contribution in [0.2, 0.25) is 0 Å². The molecule has 0 aliphatic heterocycles. The predicted octanol–water partition coefficient (Wildman–Crippen LogP) is 1.98. The number of aromatic carboxylic acids is 1. The van der Waals surface area contributed by atoms with Crippen LogP contribution in [-0.2, 0) is 11.2 Å². The molecule has 0 aliphatic rings. The molecular weight excluding hydrogens is 232 g/mol. The summed E-state index contributed by atoms with van der Waals surface area (Å²) in [6.45, 7) is 3.32. The van der Waals surface area contributed by atoms with Crippen molar-refractivity contribution in [3.05, 3.63) is 23.3 Å². The Kier molecular flexibility index (Phi) is 5.45. The molecule has 0 heterocycles. The minimum absolute atomic E-state index is 0.275. The molecule has 1 aromatic rings. The molecule has 100 valence electrons. The highest BCUT2D eigenvalue weighted by Crippen LogP contribution is 2.27. The van der Waals surface area contributed by atoms with Crippen LogP contribution in [-0.4, -0.2) is 31.3 Å². The van der Waals surface area contributed by atoms with E-state index in [2.05, 4.69) is 5.32 Å². The Morgan fingerprint density at radius 3 is 2.78 bits per heavy atom. The van der Waals surface area contributed by atoms with Crippen molar-refractivity contribution < 1.29 is 14.6 Å². The SMILES string of the molecule is CCc1c(C(=O)O)ccc(NCCCOC)c1N. The Labute approximate surface area is 107 Å². The number of carboxylic acids is 1. The molecule has 0 fully saturated rings. The Bertz CT molecular complexity index is 419. The summed E-state index contributed by atoms with van der Waals surface area (Å²) < 4.78 is 4.96. The lowest BCUT2D eigenvalue weighted by atomic mass is 10.0. The van der Waals surface area contributed by atoms with Crippen LogP contribution in [0.5, 0.6) is 0 Å². The van der Waals surface area contributed by atoms with Crippen LogP contribution in [0.15, 0.2) is 12.1 Å². The molecule has 0 unspecified atom stereocenters. The lowest BCUT2D eigenvalue weighted by Crippen LogP contribution is -2.11. The molecule has 5 heteroatoms. The molecule has 0 radical (unpaired) electrons. The van der Waals surface area contributed by atoms with Crippen molar-refractivity contribution >= 4 is 17.3 Å². The van der Waals surface area contributed by atoms with E-state index < -0.39 is 5.97 Å². The maximum atomic E-state index is 11.1. The predicted molar refractivity (Wildman–Crippen MR) is 72.2 cm³/mol. The second-order valence-corrected chi connectivity index (χ2v) is 3.98. The van der Waals surface area contributed by atoms with E-state index in [1.165, 1.54) is 0 Å². The van der Waals surface area contributed by atoms with Crippen LogP contribution in [0.1, 0.15) is 29.3 Å². The quantitative estimate of drug-likeness (QED) is 0.510. The van der Waals surface area contributed by atoms with E-state index in [1.807, 2.05) is 6.92 Å². The molecule has 0 atom stereocenters. The lowest BCUT2D eigenvalue weighted by molar-refractivity contribution is 0.0696. The molecular formula is C13H20N2O3. The zero-order chi connectivity index (χ0) is 13.5. The fraction of sp³-hybridized carbons (Fsp3) is 0.462. The van der Waals surface area contributed by atoms with Gasteiger partial charge in [0.05, 0.1) is 16.9 Å². The van der Waals surface area contributed by atoms with Gasteiger partial charge in [-0.1, -0.05) is 6.92 Å². The molecule has 0 bridgehead atoms. The summed E-state index contributed by atoms with van der Waals surface area (Å²) in [5.41, 5.74) is 8.25. The van der Waals surface area contributed by atoms with Crippen molar-refractivity contribution in [1.82, 2.24) is 0 Å². The summed E-state index contributed by atoms with van der Waals surface area (Å²) in [4.78, 5) is 11.1. The fourth-order valence-electron chi connectivity index (χ4n) is 1.84. The fourth-order valence-corrected chi connectivity index (χ4v) is 1.84. The number of nitrogen functional groups attached to an aromatic ring is 1. The van der Waals surface area contributed by atoms with Crippen LogP contribution >= 0.6 is 0 Å². The zero-order valence-electron chi connectivity index (χ0n) is 10.8. The van der Waals surface area contributed by atoms with Crippen molar-refractivity contribution in [3.8, 4) is 0 Å². The van der Waals surface area contributed by atoms with Crippen molar-refractivity contribution in [2.45, 2.75) is 19.8 Å². The van der Waals surface area contributed by atoms with Crippen molar-refractivity contribution in [3.63, 3.8) is 0 Å². The Morgan fingerprint density at radius 2 is 2.22 bits per heavy atom. The first kappa shape index (κ1) is 14.3. The van der Waals surface area contributed by atoms with Crippen LogP contribution in [0.25, 0.3) is 0 Å². The molecule has 0 aliphatic carbocycles. The van der Waals surface area contributed by atoms with Gasteiger partial charge in [0.2, 0.25) is 0 Å². The van der Waals surface area contributed by atoms with Crippen LogP contribution < -0.4 is 11.1 Å². The van der Waals surface area contributed by atoms with Crippen molar-refractivity contribution in [2.24, 2.45) is 0 Å². The second kappa shape index (κ2) is 6.86. The van der Waals surface area contributed by atoms with E-state index in [0.717, 1.165) is 18.7 Å². The van der Waals surface area contributed by atoms with Gasteiger partial charge < -0.3 is 20.9 Å². The zero-order valence-corrected chi connectivity index (χ0v) is 10.8. The molecule has 1 rings (SSSR count). The number of methoxy groups -OCH3 is 1. The van der Waals surface area contributed by atoms with E-state index in [1.54, 1.807) is 19.2 Å². The topological polar surface area (TPSA) is 84.6 Å². The maximum Gasteiger partial charge on any atom is 0.336 e. The van der Waals surface area contributed by atoms with Crippen LogP contribution in [0.4, 0.5) is 11.4 Å². The summed E-state index contributed by atoms with van der Waals surface area (Å²) in [5.74, 6) is -0.940. The monoisotopic (exact) mass is 252 g/mol. The van der Waals surface area contributed by atoms with Crippen molar-refractivity contribution in [1.29, 1.82) is 0 Å². The van der Waals surface area contributed by atoms with E-state index >= 15 is 0 Å². The lowest BCUT2D eigenvalue weighted by Gasteiger charge is -2.14. The number of nitrogens with two attached hydrogens (primary N) is 1. The van der Waals surface area contributed by atoms with Gasteiger partial charge in [0.1, 0.15) is 0 Å². The third-order valence-corrected chi connectivity index (χ3v) is 2.78. The van der Waals surface area contributed by atoms with Crippen LogP contribution in [0, 0.1) is 0 Å². The Hall–Kier alpha value is -1.75. The second-order valence-electron chi connectivity index (χ2n) is 3.98. The third kappa shape index (κ3) is 3.37. The number of anilines is 2. The number of carboxylic acid groups (broad SMARTS) is 1. The molecule has 5 nitrogen and oxygen atoms in total. The third-order valence-electron chi connectivity index (χ3n) is 2.78. The highest BCUT2D eigenvalue weighted by atomic mass is 16.5. The van der Waals surface area contributed by atoms with Gasteiger partial charge in [0, 0.05) is 20.3 Å². The average Bonchev–Trinajstić information content (AvgIpc) is 2.35. The smallest absolute Gasteiger partial charge is 0.336 e. The Morgan fingerprint density at radius 1 is 1.50 bits per heavy atom. The number of carbonyl (C=O) groups is 1. The minimum Gasteiger partial charge on any atom is -0.478 e. The van der Waals surface area contributed by atoms with Gasteiger partial charge >= 0.3 is 5.97 Å². The maximum absolute atomic E-state index is 11.1. The normalized spacial score (nSPS) is 10.3. The Balaban J connectivity index is 2.85. The summed E-state index contributed by atoms with van der Waals surface area (Å²) in [7, 11) is 1.66. The summed E-state index contributed by atoms with van der Waals surface area (Å²) >= 11 is 0. The highest BCUT2D eigenvalue weighted by Gasteiger charge is 2.13. The van der Waals surface area contributed by atoms with Gasteiger partial charge in [-0.15, -0.1) is 0 Å². The highest BCUT2D eigenvalue weighted by molar-refractivity contribution is 5.93. The number of rotatable bonds is 7. The van der Waals surface area contributed by atoms with Crippen LogP contribution in [0.3, 0.4) is 0 Å². The summed E-state index contributed by atoms with van der Waals surface area (Å²) in [5, 5.41) is 12.3. The molecule has 0 aromatic heterocycles. The average molecular weight is 252 g/mol. The largest absolute Gasteiger partial charge is 0.478 e. The number of hydrogen-bond acceptors (Lipinski definition) is 4. The molecule has 1 aromatic carbocycles. The number of nitrogens with one attached hydrogen (secondary N) is 1. The van der Waals surface area contributed by atoms with E-state index in [9.17, 15) is 4.79 Å². The molecule has 0 saturated heterocycles. The van der Waals surface area contributed by atoms with Gasteiger partial charge in [-0.3, -0.25) is 0 Å². The number of ether oxygens (including phenoxy) is 1. The molecule has 4 N–H and O–H groups in total. The van der Waals surface area contributed by atoms with Gasteiger partial charge in [0.25, 0.3) is 0 Å². The first-order valence-corrected chi connectivity index (χ1v) is 5.99. The first-order valence-electron chi connectivity index (χ1n) is 5.99. The first-order chi connectivity index (χ1) is 8.61. The number of hydrogen-bond donors (Lipinski definition) is 3. The van der Waals surface area contributed by atoms with Gasteiger partial charge in [-0.2, -0.15) is 0 Å². The van der Waals surface area contributed by atoms with E-state index in [-0.39, 0.29) is 5.56 Å². The summed E-state index contributed by atoms with van der Waals surface area (Å²) in [6, 6.07) is 3.31. The molecule has 0 saturated carbocycles. The van der Waals surface area contributed by atoms with Gasteiger partial charge in [0.15, 0.2) is 0 Å². The molecule has 0 amide bonds. The van der Waals surface area contributed by atoms with Gasteiger partial charge in [-0.05, 0) is 30.5 Å². The molecule has 18 heavy (non-hydrogen) atoms. The van der Waals surface area contributed by atoms with Gasteiger partial charge in [-0.25, -0.2) is 4.79 Å². The summed E-state index contributed by atoms with van der Waals surface area (Å²) in [6.07, 6.45) is 1.47. The minimum atomic E-state index is -0.940. The van der Waals surface area contributed by atoms with E-state index in [0.29, 0.717) is 24.3 Å².